The molecule has 8 aromatic carbocycles. The van der Waals surface area contributed by atoms with Crippen molar-refractivity contribution in [3.8, 4) is 33.6 Å². The Labute approximate surface area is 319 Å². The fourth-order valence-electron chi connectivity index (χ4n) is 7.18. The summed E-state index contributed by atoms with van der Waals surface area (Å²) in [5.41, 5.74) is -0.245. The number of aromatic nitrogens is 2. The number of nitrogens with zero attached hydrogens (tertiary/aromatic N) is 2. The van der Waals surface area contributed by atoms with Gasteiger partial charge in [0.2, 0.25) is 0 Å². The quantitative estimate of drug-likeness (QED) is 0.183. The monoisotopic (exact) mass is 668 g/mol. The van der Waals surface area contributed by atoms with Crippen LogP contribution < -0.4 is 0 Å². The van der Waals surface area contributed by atoms with Crippen LogP contribution >= 0.6 is 0 Å². The van der Waals surface area contributed by atoms with Gasteiger partial charge in [-0.2, -0.15) is 0 Å². The van der Waals surface area contributed by atoms with Crippen LogP contribution in [0.5, 0.6) is 0 Å². The summed E-state index contributed by atoms with van der Waals surface area (Å²) in [7, 11) is 0. The van der Waals surface area contributed by atoms with E-state index < -0.39 is 131 Å². The Balaban J connectivity index is 1.43. The maximum absolute atomic E-state index is 9.70. The summed E-state index contributed by atoms with van der Waals surface area (Å²) < 4.78 is 173. The summed E-state index contributed by atoms with van der Waals surface area (Å²) in [4.78, 5) is 0. The average Bonchev–Trinajstić information content (AvgIpc) is 4.01. The zero-order chi connectivity index (χ0) is 49.1. The molecule has 238 valence electrons. The van der Waals surface area contributed by atoms with Gasteiger partial charge in [0.05, 0.1) is 52.4 Å². The van der Waals surface area contributed by atoms with Crippen molar-refractivity contribution in [1.82, 2.24) is 9.13 Å². The van der Waals surface area contributed by atoms with E-state index in [1.165, 1.54) is 4.57 Å². The molecule has 51 heavy (non-hydrogen) atoms. The topological polar surface area (TPSA) is 23.0 Å². The van der Waals surface area contributed by atoms with Gasteiger partial charge in [-0.1, -0.05) is 127 Å². The van der Waals surface area contributed by atoms with Crippen molar-refractivity contribution in [2.45, 2.75) is 0 Å². The lowest BCUT2D eigenvalue weighted by atomic mass is 9.95. The number of fused-ring (bicyclic) bond motifs is 9. The number of para-hydroxylation sites is 4. The van der Waals surface area contributed by atoms with Crippen LogP contribution in [-0.2, 0) is 0 Å². The number of hydrogen-bond acceptors (Lipinski definition) is 1. The van der Waals surface area contributed by atoms with Crippen molar-refractivity contribution in [3.05, 3.63) is 182 Å². The second-order valence-electron chi connectivity index (χ2n) is 12.0. The Bertz CT molecular complexity index is 4150. The van der Waals surface area contributed by atoms with Gasteiger partial charge in [-0.05, 0) is 76.7 Å². The third kappa shape index (κ3) is 4.06. The molecule has 0 unspecified atom stereocenters. The molecule has 0 radical (unpaired) electrons. The third-order valence-corrected chi connectivity index (χ3v) is 9.28. The third-order valence-electron chi connectivity index (χ3n) is 9.28. The van der Waals surface area contributed by atoms with Crippen LogP contribution in [0.15, 0.2) is 186 Å². The summed E-state index contributed by atoms with van der Waals surface area (Å²) >= 11 is 0. The number of hydrogen-bond donors (Lipinski definition) is 0. The number of rotatable bonds is 4. The molecule has 11 rings (SSSR count). The van der Waals surface area contributed by atoms with E-state index in [2.05, 4.69) is 0 Å². The minimum absolute atomic E-state index is 0.177. The van der Waals surface area contributed by atoms with E-state index in [0.717, 1.165) is 16.2 Å². The lowest BCUT2D eigenvalue weighted by molar-refractivity contribution is 0.666. The van der Waals surface area contributed by atoms with Crippen LogP contribution in [0, 0.1) is 0 Å². The van der Waals surface area contributed by atoms with Crippen molar-refractivity contribution in [2.75, 3.05) is 0 Å². The molecular formula is C48H30N2O. The molecule has 3 heteroatoms. The predicted molar refractivity (Wildman–Crippen MR) is 213 cm³/mol. The van der Waals surface area contributed by atoms with Crippen molar-refractivity contribution < 1.29 is 29.1 Å². The van der Waals surface area contributed by atoms with E-state index in [9.17, 15) is 12.3 Å². The molecule has 0 aliphatic carbocycles. The highest BCUT2D eigenvalue weighted by Crippen LogP contribution is 2.45. The Kier molecular flexibility index (Phi) is 3.36. The van der Waals surface area contributed by atoms with Gasteiger partial charge >= 0.3 is 0 Å². The molecule has 0 aliphatic rings. The molecule has 0 amide bonds. The lowest BCUT2D eigenvalue weighted by Gasteiger charge is -2.12. The average molecular weight is 669 g/mol. The van der Waals surface area contributed by atoms with E-state index in [1.807, 2.05) is 48.5 Å². The first kappa shape index (κ1) is 15.8. The summed E-state index contributed by atoms with van der Waals surface area (Å²) in [5.74, 6) is 0. The van der Waals surface area contributed by atoms with E-state index in [1.54, 1.807) is 18.2 Å². The fraction of sp³-hybridized carbons (Fsp3) is 0. The molecular weight excluding hydrogens is 621 g/mol. The van der Waals surface area contributed by atoms with Crippen LogP contribution in [0.4, 0.5) is 0 Å². The summed E-state index contributed by atoms with van der Waals surface area (Å²) in [6, 6.07) is 8.52. The molecule has 0 spiro atoms. The number of benzene rings is 8. The Morgan fingerprint density at radius 1 is 0.431 bits per heavy atom. The molecule has 0 saturated heterocycles. The molecule has 0 bridgehead atoms. The molecule has 0 atom stereocenters. The zero-order valence-electron chi connectivity index (χ0n) is 44.2. The second kappa shape index (κ2) is 10.8. The first-order valence-corrected chi connectivity index (χ1v) is 16.0. The molecule has 11 aromatic rings. The Hall–Kier alpha value is -6.84. The molecule has 3 aromatic heterocycles. The first-order chi connectivity index (χ1) is 32.8. The van der Waals surface area contributed by atoms with Crippen molar-refractivity contribution in [1.29, 1.82) is 0 Å². The van der Waals surface area contributed by atoms with Crippen LogP contribution in [0.1, 0.15) is 24.7 Å². The highest BCUT2D eigenvalue weighted by atomic mass is 16.3. The molecule has 3 heterocycles. The normalized spacial score (nSPS) is 16.9. The highest BCUT2D eigenvalue weighted by Gasteiger charge is 2.23. The summed E-state index contributed by atoms with van der Waals surface area (Å²) in [6.45, 7) is 0. The van der Waals surface area contributed by atoms with Crippen LogP contribution in [0.25, 0.3) is 99.2 Å². The van der Waals surface area contributed by atoms with Crippen molar-refractivity contribution in [2.24, 2.45) is 0 Å². The molecule has 0 fully saturated rings. The zero-order valence-corrected chi connectivity index (χ0v) is 26.2. The van der Waals surface area contributed by atoms with Crippen molar-refractivity contribution in [3.63, 3.8) is 0 Å². The van der Waals surface area contributed by atoms with Gasteiger partial charge in [0.25, 0.3) is 0 Å². The Morgan fingerprint density at radius 3 is 1.88 bits per heavy atom. The Morgan fingerprint density at radius 2 is 1.08 bits per heavy atom. The predicted octanol–water partition coefficient (Wildman–Crippen LogP) is 13.1. The fourth-order valence-corrected chi connectivity index (χ4v) is 7.18. The molecule has 0 N–H and O–H groups in total. The van der Waals surface area contributed by atoms with Gasteiger partial charge in [-0.25, -0.2) is 0 Å². The van der Waals surface area contributed by atoms with Crippen molar-refractivity contribution >= 4 is 65.6 Å². The second-order valence-corrected chi connectivity index (χ2v) is 12.0. The smallest absolute Gasteiger partial charge is 0.159 e. The molecule has 3 nitrogen and oxygen atoms in total. The van der Waals surface area contributed by atoms with Gasteiger partial charge in [-0.15, -0.1) is 0 Å². The molecule has 0 aliphatic heterocycles. The van der Waals surface area contributed by atoms with Gasteiger partial charge in [0, 0.05) is 38.0 Å². The standard InChI is InChI=1S/C48H30N2O/c1-3-15-31(16-4-1)32-29-39-34-19-9-12-28-45(34)51-48(39)44(30-32)50-41-25-11-8-21-38(41)47-36(23-14-27-43(47)50)35-22-13-26-42-46(35)37-20-7-10-24-40(37)49(42)33-17-5-2-6-18-33/h1-30H/i2D,5D,6D,7D,8D,10D,11D,13D,14D,17D,18D,20D,21D,22D,23D,25D,26D,27D. The molecule has 0 saturated carbocycles. The van der Waals surface area contributed by atoms with Gasteiger partial charge in [0.1, 0.15) is 5.58 Å². The summed E-state index contributed by atoms with van der Waals surface area (Å²) in [5, 5.41) is 0.182. The van der Waals surface area contributed by atoms with E-state index in [4.69, 9.17) is 16.8 Å². The van der Waals surface area contributed by atoms with Crippen LogP contribution in [0.2, 0.25) is 0 Å². The number of furan rings is 1. The summed E-state index contributed by atoms with van der Waals surface area (Å²) in [6.07, 6.45) is 0. The maximum Gasteiger partial charge on any atom is 0.159 e. The first-order valence-electron chi connectivity index (χ1n) is 25.0. The highest BCUT2D eigenvalue weighted by molar-refractivity contribution is 6.23. The van der Waals surface area contributed by atoms with Gasteiger partial charge < -0.3 is 13.6 Å². The van der Waals surface area contributed by atoms with Gasteiger partial charge in [-0.3, -0.25) is 0 Å². The van der Waals surface area contributed by atoms with E-state index >= 15 is 0 Å². The maximum atomic E-state index is 9.70. The van der Waals surface area contributed by atoms with Crippen LogP contribution in [-0.4, -0.2) is 9.13 Å². The van der Waals surface area contributed by atoms with E-state index in [-0.39, 0.29) is 49.4 Å². The van der Waals surface area contributed by atoms with Crippen LogP contribution in [0.3, 0.4) is 0 Å². The van der Waals surface area contributed by atoms with E-state index in [0.29, 0.717) is 21.9 Å². The SMILES string of the molecule is [2H]c1cc2c(c([2H])c1[2H])c1c(-c3c([2H])c([2H])c([2H])c4c3c3c([2H])c([2H])c([2H])c([2H])c3n4-c3cc(-c4ccccc4)cc4c3oc3ccccc34)c([2H])c([2H])c([2H])c1n2-c1c([2H])c([2H])c([2H])c([2H])c1[2H]. The minimum Gasteiger partial charge on any atom is -0.454 e. The largest absolute Gasteiger partial charge is 0.454 e. The van der Waals surface area contributed by atoms with Gasteiger partial charge in [0.15, 0.2) is 5.58 Å². The minimum atomic E-state index is -0.822. The lowest BCUT2D eigenvalue weighted by Crippen LogP contribution is -1.96.